The summed E-state index contributed by atoms with van der Waals surface area (Å²) >= 11 is 0. The molecule has 1 aliphatic heterocycles. The van der Waals surface area contributed by atoms with Crippen LogP contribution in [-0.4, -0.2) is 19.3 Å². The van der Waals surface area contributed by atoms with Crippen LogP contribution in [-0.2, 0) is 9.47 Å². The molecule has 3 aromatic carbocycles. The van der Waals surface area contributed by atoms with E-state index in [-0.39, 0.29) is 28.5 Å². The van der Waals surface area contributed by atoms with Gasteiger partial charge in [-0.3, -0.25) is 0 Å². The van der Waals surface area contributed by atoms with Crippen molar-refractivity contribution in [1.29, 1.82) is 0 Å². The van der Waals surface area contributed by atoms with Crippen molar-refractivity contribution >= 4 is 10.8 Å². The van der Waals surface area contributed by atoms with Gasteiger partial charge in [0.05, 0.1) is 24.9 Å². The molecule has 0 unspecified atom stereocenters. The molecule has 170 valence electrons. The molecule has 2 nitrogen and oxygen atoms in total. The van der Waals surface area contributed by atoms with E-state index in [0.717, 1.165) is 18.9 Å². The molecule has 1 fully saturated rings. The summed E-state index contributed by atoms with van der Waals surface area (Å²) in [4.78, 5) is 0. The Kier molecular flexibility index (Phi) is 7.12. The highest BCUT2D eigenvalue weighted by Crippen LogP contribution is 2.26. The van der Waals surface area contributed by atoms with Gasteiger partial charge < -0.3 is 9.47 Å². The van der Waals surface area contributed by atoms with Crippen LogP contribution in [0.1, 0.15) is 42.6 Å². The van der Waals surface area contributed by atoms with Gasteiger partial charge in [-0.05, 0) is 61.0 Å². The Hall–Kier alpha value is -3.14. The maximum Gasteiger partial charge on any atom is 0.195 e. The second-order valence-electron chi connectivity index (χ2n) is 7.84. The SMILES string of the molecule is C/C=C/CC[C@@H]1CO[C@@H](c2ccc(C#Cc3ccc4c(F)c(F)c(F)cc4c3)c(F)c2)CO1. The molecular weight excluding hydrogens is 432 g/mol. The topological polar surface area (TPSA) is 18.5 Å². The highest BCUT2D eigenvalue weighted by molar-refractivity contribution is 5.84. The monoisotopic (exact) mass is 454 g/mol. The molecule has 0 N–H and O–H groups in total. The van der Waals surface area contributed by atoms with Crippen molar-refractivity contribution < 1.29 is 27.0 Å². The van der Waals surface area contributed by atoms with Crippen LogP contribution < -0.4 is 0 Å². The normalized spacial score (nSPS) is 18.5. The van der Waals surface area contributed by atoms with E-state index in [9.17, 15) is 17.6 Å². The lowest BCUT2D eigenvalue weighted by Crippen LogP contribution is -2.31. The molecule has 0 radical (unpaired) electrons. The van der Waals surface area contributed by atoms with Gasteiger partial charge in [0, 0.05) is 10.9 Å². The molecule has 1 saturated heterocycles. The molecule has 1 aliphatic rings. The van der Waals surface area contributed by atoms with Crippen molar-refractivity contribution in [2.75, 3.05) is 13.2 Å². The van der Waals surface area contributed by atoms with E-state index >= 15 is 0 Å². The van der Waals surface area contributed by atoms with Crippen LogP contribution in [0.5, 0.6) is 0 Å². The van der Waals surface area contributed by atoms with Crippen molar-refractivity contribution in [3.63, 3.8) is 0 Å². The molecule has 33 heavy (non-hydrogen) atoms. The summed E-state index contributed by atoms with van der Waals surface area (Å²) < 4.78 is 67.1. The molecular formula is C27H22F4O2. The Labute approximate surface area is 189 Å². The first-order valence-corrected chi connectivity index (χ1v) is 10.7. The number of fused-ring (bicyclic) bond motifs is 1. The number of halogens is 4. The van der Waals surface area contributed by atoms with Crippen molar-refractivity contribution in [2.24, 2.45) is 0 Å². The van der Waals surface area contributed by atoms with Gasteiger partial charge >= 0.3 is 0 Å². The molecule has 1 heterocycles. The van der Waals surface area contributed by atoms with Crippen LogP contribution in [0.4, 0.5) is 17.6 Å². The minimum atomic E-state index is -1.51. The summed E-state index contributed by atoms with van der Waals surface area (Å²) in [6.07, 6.45) is 5.58. The van der Waals surface area contributed by atoms with Gasteiger partial charge in [-0.25, -0.2) is 17.6 Å². The number of hydrogen-bond donors (Lipinski definition) is 0. The van der Waals surface area contributed by atoms with Crippen LogP contribution in [0.25, 0.3) is 10.8 Å². The van der Waals surface area contributed by atoms with Gasteiger partial charge in [-0.1, -0.05) is 36.1 Å². The fraction of sp³-hybridized carbons (Fsp3) is 0.259. The highest BCUT2D eigenvalue weighted by Gasteiger charge is 2.23. The first kappa shape index (κ1) is 23.0. The summed E-state index contributed by atoms with van der Waals surface area (Å²) in [5, 5.41) is 0.126. The molecule has 0 spiro atoms. The van der Waals surface area contributed by atoms with E-state index in [1.165, 1.54) is 24.3 Å². The smallest absolute Gasteiger partial charge is 0.195 e. The van der Waals surface area contributed by atoms with E-state index in [2.05, 4.69) is 17.9 Å². The van der Waals surface area contributed by atoms with Gasteiger partial charge in [0.2, 0.25) is 0 Å². The van der Waals surface area contributed by atoms with E-state index in [4.69, 9.17) is 9.47 Å². The number of hydrogen-bond acceptors (Lipinski definition) is 2. The van der Waals surface area contributed by atoms with Crippen molar-refractivity contribution in [3.8, 4) is 11.8 Å². The highest BCUT2D eigenvalue weighted by atomic mass is 19.2. The maximum atomic E-state index is 14.6. The Morgan fingerprint density at radius 1 is 0.909 bits per heavy atom. The van der Waals surface area contributed by atoms with Gasteiger partial charge in [-0.15, -0.1) is 0 Å². The quantitative estimate of drug-likeness (QED) is 0.191. The molecule has 6 heteroatoms. The number of rotatable bonds is 4. The molecule has 0 aromatic heterocycles. The van der Waals surface area contributed by atoms with Crippen molar-refractivity contribution in [1.82, 2.24) is 0 Å². The third-order valence-electron chi connectivity index (χ3n) is 5.54. The molecule has 3 aromatic rings. The Bertz CT molecular complexity index is 1250. The van der Waals surface area contributed by atoms with Gasteiger partial charge in [0.25, 0.3) is 0 Å². The summed E-state index contributed by atoms with van der Waals surface area (Å²) in [5.74, 6) is 0.987. The zero-order valence-corrected chi connectivity index (χ0v) is 18.0. The fourth-order valence-electron chi connectivity index (χ4n) is 3.71. The zero-order valence-electron chi connectivity index (χ0n) is 18.0. The van der Waals surface area contributed by atoms with Gasteiger partial charge in [0.15, 0.2) is 17.5 Å². The Morgan fingerprint density at radius 2 is 1.76 bits per heavy atom. The third-order valence-corrected chi connectivity index (χ3v) is 5.54. The largest absolute Gasteiger partial charge is 0.373 e. The summed E-state index contributed by atoms with van der Waals surface area (Å²) in [5.41, 5.74) is 1.27. The number of ether oxygens (including phenoxy) is 2. The maximum absolute atomic E-state index is 14.6. The lowest BCUT2D eigenvalue weighted by molar-refractivity contribution is -0.136. The summed E-state index contributed by atoms with van der Waals surface area (Å²) in [6, 6.07) is 9.83. The summed E-state index contributed by atoms with van der Waals surface area (Å²) in [7, 11) is 0. The Balaban J connectivity index is 1.46. The minimum absolute atomic E-state index is 0.0350. The predicted molar refractivity (Wildman–Crippen MR) is 119 cm³/mol. The first-order chi connectivity index (χ1) is 16.0. The van der Waals surface area contributed by atoms with E-state index in [0.29, 0.717) is 24.3 Å². The van der Waals surface area contributed by atoms with E-state index in [1.54, 1.807) is 12.1 Å². The van der Waals surface area contributed by atoms with Crippen LogP contribution in [0, 0.1) is 35.1 Å². The predicted octanol–water partition coefficient (Wildman–Crippen LogP) is 6.61. The number of allylic oxidation sites excluding steroid dienone is 2. The average molecular weight is 454 g/mol. The van der Waals surface area contributed by atoms with E-state index < -0.39 is 23.3 Å². The summed E-state index contributed by atoms with van der Waals surface area (Å²) in [6.45, 7) is 2.79. The van der Waals surface area contributed by atoms with Crippen molar-refractivity contribution in [2.45, 2.75) is 32.0 Å². The molecule has 2 atom stereocenters. The second-order valence-corrected chi connectivity index (χ2v) is 7.84. The van der Waals surface area contributed by atoms with Crippen molar-refractivity contribution in [3.05, 3.63) is 94.6 Å². The fourth-order valence-corrected chi connectivity index (χ4v) is 3.71. The molecule has 0 bridgehead atoms. The molecule has 0 amide bonds. The first-order valence-electron chi connectivity index (χ1n) is 10.7. The lowest BCUT2D eigenvalue weighted by Gasteiger charge is -2.29. The number of benzene rings is 3. The minimum Gasteiger partial charge on any atom is -0.373 e. The van der Waals surface area contributed by atoms with E-state index in [1.807, 2.05) is 13.0 Å². The molecule has 0 saturated carbocycles. The van der Waals surface area contributed by atoms with Gasteiger partial charge in [-0.2, -0.15) is 0 Å². The second kappa shape index (κ2) is 10.2. The zero-order chi connectivity index (χ0) is 23.4. The average Bonchev–Trinajstić information content (AvgIpc) is 2.82. The van der Waals surface area contributed by atoms with Crippen LogP contribution >= 0.6 is 0 Å². The van der Waals surface area contributed by atoms with Gasteiger partial charge in [0.1, 0.15) is 11.9 Å². The van der Waals surface area contributed by atoms with Crippen LogP contribution in [0.3, 0.4) is 0 Å². The van der Waals surface area contributed by atoms with Crippen LogP contribution in [0.2, 0.25) is 0 Å². The lowest BCUT2D eigenvalue weighted by atomic mass is 10.0. The Morgan fingerprint density at radius 3 is 2.48 bits per heavy atom. The molecule has 4 rings (SSSR count). The standard InChI is InChI=1S/C27H22F4O2/c1-2-3-4-5-21-15-33-25(16-32-21)19-10-9-18(23(28)13-19)8-6-17-7-11-22-20(12-17)14-24(29)27(31)26(22)30/h2-3,7,9-14,21,25H,4-5,15-16H2,1H3/b3-2+/t21-,25-/m1/s1. The third kappa shape index (κ3) is 5.27. The van der Waals surface area contributed by atoms with Crippen LogP contribution in [0.15, 0.2) is 54.6 Å². The molecule has 0 aliphatic carbocycles.